The topological polar surface area (TPSA) is 233 Å². The van der Waals surface area contributed by atoms with E-state index in [1.807, 2.05) is 0 Å². The van der Waals surface area contributed by atoms with E-state index in [-0.39, 0.29) is 12.2 Å². The highest BCUT2D eigenvalue weighted by atomic mass is 31.3. The van der Waals surface area contributed by atoms with Gasteiger partial charge in [0.25, 0.3) is 5.91 Å². The van der Waals surface area contributed by atoms with Crippen LogP contribution in [0.5, 0.6) is 0 Å². The predicted octanol–water partition coefficient (Wildman–Crippen LogP) is -1.14. The second-order valence-corrected chi connectivity index (χ2v) is 10.5. The molecule has 15 nitrogen and oxygen atoms in total. The molecule has 1 saturated carbocycles. The Morgan fingerprint density at radius 2 is 1.72 bits per heavy atom. The third kappa shape index (κ3) is 6.79. The number of phosphoric acid groups is 3. The van der Waals surface area contributed by atoms with Gasteiger partial charge in [-0.15, -0.1) is 0 Å². The molecule has 0 saturated heterocycles. The fourth-order valence-corrected chi connectivity index (χ4v) is 5.90. The summed E-state index contributed by atoms with van der Waals surface area (Å²) in [5.41, 5.74) is 0. The number of rotatable bonds is 8. The van der Waals surface area contributed by atoms with Crippen molar-refractivity contribution in [2.24, 2.45) is 5.92 Å². The van der Waals surface area contributed by atoms with E-state index >= 15 is 0 Å². The fraction of sp³-hybridized carbons (Fsp3) is 0.545. The molecule has 1 aliphatic carbocycles. The van der Waals surface area contributed by atoms with Crippen LogP contribution in [0.15, 0.2) is 24.7 Å². The van der Waals surface area contributed by atoms with Gasteiger partial charge in [0.05, 0.1) is 18.8 Å². The zero-order chi connectivity index (χ0) is 22.2. The first-order chi connectivity index (χ1) is 13.1. The summed E-state index contributed by atoms with van der Waals surface area (Å²) < 4.78 is 45.3. The first-order valence-electron chi connectivity index (χ1n) is 7.71. The van der Waals surface area contributed by atoms with Gasteiger partial charge in [0, 0.05) is 18.2 Å². The molecule has 6 unspecified atom stereocenters. The van der Waals surface area contributed by atoms with E-state index in [0.717, 1.165) is 6.08 Å². The molecule has 1 fully saturated rings. The Kier molecular flexibility index (Phi) is 7.28. The van der Waals surface area contributed by atoms with Gasteiger partial charge in [0.2, 0.25) is 0 Å². The first kappa shape index (κ1) is 24.4. The van der Waals surface area contributed by atoms with Gasteiger partial charge in [-0.05, 0) is 6.42 Å². The van der Waals surface area contributed by atoms with Crippen LogP contribution in [0, 0.1) is 5.92 Å². The molecule has 0 radical (unpaired) electrons. The minimum absolute atomic E-state index is 0.0165. The highest BCUT2D eigenvalue weighted by Crippen LogP contribution is 2.66. The summed E-state index contributed by atoms with van der Waals surface area (Å²) in [6.07, 6.45) is -0.358. The summed E-state index contributed by atoms with van der Waals surface area (Å²) in [6, 6.07) is -0.788. The molecule has 0 spiro atoms. The monoisotopic (exact) mass is 480 g/mol. The van der Waals surface area contributed by atoms with Gasteiger partial charge in [-0.3, -0.25) is 9.32 Å². The molecule has 0 aromatic carbocycles. The van der Waals surface area contributed by atoms with Crippen LogP contribution in [-0.4, -0.2) is 65.5 Å². The van der Waals surface area contributed by atoms with Gasteiger partial charge in [-0.25, -0.2) is 13.7 Å². The predicted molar refractivity (Wildman–Crippen MR) is 92.0 cm³/mol. The molecule has 18 heteroatoms. The molecular formula is C11H19N2O13P3. The molecule has 29 heavy (non-hydrogen) atoms. The number of nitrogens with one attached hydrogen (secondary N) is 1. The number of carbonyl (C=O) groups excluding carboxylic acids is 1. The lowest BCUT2D eigenvalue weighted by Gasteiger charge is -2.33. The van der Waals surface area contributed by atoms with Crippen molar-refractivity contribution < 1.29 is 61.4 Å². The number of hydrogen-bond donors (Lipinski definition) is 7. The first-order valence-corrected chi connectivity index (χ1v) is 12.2. The second-order valence-electron chi connectivity index (χ2n) is 6.09. The van der Waals surface area contributed by atoms with Crippen molar-refractivity contribution in [1.82, 2.24) is 10.2 Å². The van der Waals surface area contributed by atoms with E-state index in [1.165, 1.54) is 11.1 Å². The third-order valence-corrected chi connectivity index (χ3v) is 7.76. The van der Waals surface area contributed by atoms with Gasteiger partial charge in [-0.1, -0.05) is 6.58 Å². The zero-order valence-corrected chi connectivity index (χ0v) is 17.1. The molecule has 0 aromatic heterocycles. The highest BCUT2D eigenvalue weighted by molar-refractivity contribution is 7.66. The van der Waals surface area contributed by atoms with E-state index in [2.05, 4.69) is 25.0 Å². The van der Waals surface area contributed by atoms with Crippen LogP contribution in [-0.2, 0) is 31.6 Å². The van der Waals surface area contributed by atoms with Crippen LogP contribution in [0.4, 0.5) is 0 Å². The summed E-state index contributed by atoms with van der Waals surface area (Å²) in [7, 11) is -16.5. The summed E-state index contributed by atoms with van der Waals surface area (Å²) in [6.45, 7) is 2.87. The maximum Gasteiger partial charge on any atom is 0.490 e. The molecule has 6 atom stereocenters. The number of nitrogens with zero attached hydrogens (tertiary/aromatic N) is 1. The fourth-order valence-electron chi connectivity index (χ4n) is 2.83. The van der Waals surface area contributed by atoms with Crippen LogP contribution in [0.1, 0.15) is 6.42 Å². The molecule has 1 amide bonds. The third-order valence-electron chi connectivity index (χ3n) is 3.96. The average molecular weight is 480 g/mol. The average Bonchev–Trinajstić information content (AvgIpc) is 2.78. The molecule has 2 rings (SSSR count). The van der Waals surface area contributed by atoms with Crippen molar-refractivity contribution in [1.29, 1.82) is 0 Å². The smallest absolute Gasteiger partial charge is 0.390 e. The molecule has 2 aliphatic rings. The lowest BCUT2D eigenvalue weighted by molar-refractivity contribution is -0.116. The number of aliphatic hydroxyl groups is 2. The Morgan fingerprint density at radius 3 is 2.28 bits per heavy atom. The number of aliphatic hydroxyl groups excluding tert-OH is 2. The largest absolute Gasteiger partial charge is 0.490 e. The lowest BCUT2D eigenvalue weighted by Crippen LogP contribution is -2.45. The van der Waals surface area contributed by atoms with Crippen molar-refractivity contribution in [3.63, 3.8) is 0 Å². The van der Waals surface area contributed by atoms with E-state index in [4.69, 9.17) is 14.7 Å². The second kappa shape index (κ2) is 8.67. The van der Waals surface area contributed by atoms with E-state index < -0.39 is 60.1 Å². The van der Waals surface area contributed by atoms with E-state index in [9.17, 15) is 33.6 Å². The van der Waals surface area contributed by atoms with E-state index in [0.29, 0.717) is 0 Å². The quantitative estimate of drug-likeness (QED) is 0.204. The van der Waals surface area contributed by atoms with Crippen LogP contribution >= 0.6 is 23.5 Å². The number of phosphoric ester groups is 1. The summed E-state index contributed by atoms with van der Waals surface area (Å²) in [5.74, 6) is -1.27. The van der Waals surface area contributed by atoms with E-state index in [1.54, 1.807) is 0 Å². The van der Waals surface area contributed by atoms with Gasteiger partial charge in [-0.2, -0.15) is 8.62 Å². The van der Waals surface area contributed by atoms with Gasteiger partial charge in [0.15, 0.2) is 0 Å². The maximum atomic E-state index is 11.8. The van der Waals surface area contributed by atoms with Crippen LogP contribution in [0.2, 0.25) is 0 Å². The SMILES string of the molecule is C=C1NC(=O)C=CN1C1CC(COP(=O)(O)OP(=O)(O)OP(=O)(O)O)C(O)C1O. The minimum atomic E-state index is -5.65. The molecule has 7 N–H and O–H groups in total. The van der Waals surface area contributed by atoms with Crippen LogP contribution in [0.25, 0.3) is 0 Å². The summed E-state index contributed by atoms with van der Waals surface area (Å²) in [4.78, 5) is 48.1. The molecule has 0 bridgehead atoms. The lowest BCUT2D eigenvalue weighted by atomic mass is 10.1. The number of hydrogen-bond acceptors (Lipinski definition) is 10. The Labute approximate surface area is 163 Å². The van der Waals surface area contributed by atoms with Crippen LogP contribution in [0.3, 0.4) is 0 Å². The Morgan fingerprint density at radius 1 is 1.10 bits per heavy atom. The molecular weight excluding hydrogens is 461 g/mol. The van der Waals surface area contributed by atoms with Crippen LogP contribution < -0.4 is 5.32 Å². The molecule has 0 aromatic rings. The molecule has 1 heterocycles. The number of amides is 1. The molecule has 1 aliphatic heterocycles. The minimum Gasteiger partial charge on any atom is -0.390 e. The van der Waals surface area contributed by atoms with Crippen molar-refractivity contribution in [3.8, 4) is 0 Å². The zero-order valence-electron chi connectivity index (χ0n) is 14.4. The number of carbonyl (C=O) groups is 1. The molecule has 166 valence electrons. The van der Waals surface area contributed by atoms with Crippen molar-refractivity contribution in [2.45, 2.75) is 24.7 Å². The van der Waals surface area contributed by atoms with Crippen molar-refractivity contribution in [3.05, 3.63) is 24.7 Å². The standard InChI is InChI=1S/C11H19N2O13P3/c1-6-12-9(14)2-3-13(6)8-4-7(10(15)11(8)16)5-24-28(20,21)26-29(22,23)25-27(17,18)19/h2-3,7-8,10-11,15-16H,1,4-5H2,(H,12,14)(H,20,21)(H,22,23)(H2,17,18,19). The normalized spacial score (nSPS) is 32.0. The summed E-state index contributed by atoms with van der Waals surface area (Å²) in [5, 5.41) is 22.8. The maximum absolute atomic E-state index is 11.8. The van der Waals surface area contributed by atoms with Gasteiger partial charge in [0.1, 0.15) is 11.9 Å². The van der Waals surface area contributed by atoms with Gasteiger partial charge >= 0.3 is 23.5 Å². The van der Waals surface area contributed by atoms with Crippen molar-refractivity contribution in [2.75, 3.05) is 6.61 Å². The Hall–Kier alpha value is -0.920. The Balaban J connectivity index is 2.00. The highest BCUT2D eigenvalue weighted by Gasteiger charge is 2.47. The van der Waals surface area contributed by atoms with Crippen molar-refractivity contribution >= 4 is 29.4 Å². The van der Waals surface area contributed by atoms with Gasteiger partial charge < -0.3 is 40.0 Å². The Bertz CT molecular complexity index is 840. The summed E-state index contributed by atoms with van der Waals surface area (Å²) >= 11 is 0.